The molecule has 0 aliphatic heterocycles. The highest BCUT2D eigenvalue weighted by atomic mass is 19.4. The van der Waals surface area contributed by atoms with E-state index in [4.69, 9.17) is 10.5 Å². The lowest BCUT2D eigenvalue weighted by atomic mass is 10.1. The molecule has 0 saturated carbocycles. The van der Waals surface area contributed by atoms with Crippen LogP contribution in [0.3, 0.4) is 0 Å². The Morgan fingerprint density at radius 1 is 1.27 bits per heavy atom. The van der Waals surface area contributed by atoms with Gasteiger partial charge < -0.3 is 0 Å². The molecule has 0 unspecified atom stereocenters. The molecule has 0 aliphatic carbocycles. The third-order valence-corrected chi connectivity index (χ3v) is 2.58. The van der Waals surface area contributed by atoms with Crippen LogP contribution in [0.4, 0.5) is 18.9 Å². The summed E-state index contributed by atoms with van der Waals surface area (Å²) in [6.07, 6.45) is -1.54. The van der Waals surface area contributed by atoms with E-state index in [1.807, 2.05) is 0 Å². The predicted molar refractivity (Wildman–Crippen MR) is 70.8 cm³/mol. The van der Waals surface area contributed by atoms with Crippen LogP contribution in [0, 0.1) is 22.7 Å². The topological polar surface area (TPSA) is 89.8 Å². The van der Waals surface area contributed by atoms with Crippen molar-refractivity contribution in [2.45, 2.75) is 6.18 Å². The minimum atomic E-state index is -4.53. The summed E-state index contributed by atoms with van der Waals surface area (Å²) in [5.74, 6) is 0. The number of hydrazone groups is 1. The summed E-state index contributed by atoms with van der Waals surface area (Å²) in [4.78, 5) is 0. The molecular formula is C13H7F3N6. The molecule has 0 aliphatic rings. The molecule has 0 radical (unpaired) electrons. The van der Waals surface area contributed by atoms with Crippen molar-refractivity contribution in [1.82, 2.24) is 9.78 Å². The van der Waals surface area contributed by atoms with Gasteiger partial charge in [-0.15, -0.1) is 0 Å². The van der Waals surface area contributed by atoms with Gasteiger partial charge in [-0.05, 0) is 24.3 Å². The van der Waals surface area contributed by atoms with E-state index >= 15 is 0 Å². The number of hydrogen-bond acceptors (Lipinski definition) is 5. The maximum absolute atomic E-state index is 12.8. The summed E-state index contributed by atoms with van der Waals surface area (Å²) in [5.41, 5.74) is 1.14. The molecule has 0 fully saturated rings. The van der Waals surface area contributed by atoms with Gasteiger partial charge in [0.25, 0.3) is 0 Å². The van der Waals surface area contributed by atoms with Crippen LogP contribution in [0.5, 0.6) is 0 Å². The van der Waals surface area contributed by atoms with Crippen molar-refractivity contribution in [3.8, 4) is 17.8 Å². The lowest BCUT2D eigenvalue weighted by Crippen LogP contribution is -2.08. The fourth-order valence-corrected chi connectivity index (χ4v) is 1.60. The Labute approximate surface area is 122 Å². The number of nitriles is 2. The van der Waals surface area contributed by atoms with Gasteiger partial charge in [0.1, 0.15) is 12.1 Å². The van der Waals surface area contributed by atoms with Gasteiger partial charge in [-0.2, -0.15) is 33.9 Å². The van der Waals surface area contributed by atoms with Crippen molar-refractivity contribution in [3.63, 3.8) is 0 Å². The summed E-state index contributed by atoms with van der Waals surface area (Å²) in [6, 6.07) is 7.55. The zero-order valence-electron chi connectivity index (χ0n) is 10.8. The molecule has 0 amide bonds. The summed E-state index contributed by atoms with van der Waals surface area (Å²) >= 11 is 0. The van der Waals surface area contributed by atoms with E-state index in [2.05, 4.69) is 15.6 Å². The molecule has 110 valence electrons. The zero-order chi connectivity index (χ0) is 16.2. The molecule has 0 spiro atoms. The predicted octanol–water partition coefficient (Wildman–Crippen LogP) is 2.71. The molecule has 2 aromatic rings. The average Bonchev–Trinajstić information content (AvgIpc) is 3.01. The van der Waals surface area contributed by atoms with Gasteiger partial charge in [-0.1, -0.05) is 0 Å². The smallest absolute Gasteiger partial charge is 0.274 e. The highest BCUT2D eigenvalue weighted by molar-refractivity contribution is 6.10. The molecule has 1 heterocycles. The fraction of sp³-hybridized carbons (Fsp3) is 0.0769. The molecule has 0 saturated heterocycles. The number of rotatable bonds is 3. The molecule has 2 rings (SSSR count). The second-order valence-corrected chi connectivity index (χ2v) is 3.98. The van der Waals surface area contributed by atoms with Gasteiger partial charge in [0.15, 0.2) is 0 Å². The van der Waals surface area contributed by atoms with E-state index < -0.39 is 17.5 Å². The van der Waals surface area contributed by atoms with E-state index in [1.165, 1.54) is 35.3 Å². The second-order valence-electron chi connectivity index (χ2n) is 3.98. The van der Waals surface area contributed by atoms with Crippen LogP contribution in [-0.2, 0) is 6.18 Å². The number of halogens is 3. The maximum atomic E-state index is 12.8. The molecule has 6 nitrogen and oxygen atoms in total. The van der Waals surface area contributed by atoms with E-state index in [-0.39, 0.29) is 11.4 Å². The average molecular weight is 304 g/mol. The first-order valence-electron chi connectivity index (χ1n) is 5.81. The largest absolute Gasteiger partial charge is 0.416 e. The summed E-state index contributed by atoms with van der Waals surface area (Å²) in [7, 11) is 0. The Balaban J connectivity index is 2.50. The van der Waals surface area contributed by atoms with Gasteiger partial charge >= 0.3 is 6.18 Å². The van der Waals surface area contributed by atoms with Gasteiger partial charge in [0.05, 0.1) is 16.9 Å². The highest BCUT2D eigenvalue weighted by Crippen LogP contribution is 2.33. The quantitative estimate of drug-likeness (QED) is 0.697. The van der Waals surface area contributed by atoms with Crippen LogP contribution < -0.4 is 5.43 Å². The minimum Gasteiger partial charge on any atom is -0.274 e. The van der Waals surface area contributed by atoms with Crippen molar-refractivity contribution in [1.29, 1.82) is 10.5 Å². The second kappa shape index (κ2) is 5.97. The van der Waals surface area contributed by atoms with Crippen molar-refractivity contribution in [3.05, 3.63) is 42.2 Å². The summed E-state index contributed by atoms with van der Waals surface area (Å²) in [6.45, 7) is 0. The first kappa shape index (κ1) is 15.1. The molecule has 1 N–H and O–H groups in total. The number of hydrogen-bond donors (Lipinski definition) is 1. The van der Waals surface area contributed by atoms with E-state index in [0.29, 0.717) is 0 Å². The van der Waals surface area contributed by atoms with Crippen LogP contribution in [0.15, 0.2) is 41.8 Å². The zero-order valence-corrected chi connectivity index (χ0v) is 10.8. The molecule has 0 atom stereocenters. The highest BCUT2D eigenvalue weighted by Gasteiger charge is 2.31. The van der Waals surface area contributed by atoms with E-state index in [1.54, 1.807) is 6.07 Å². The van der Waals surface area contributed by atoms with Crippen LogP contribution in [-0.4, -0.2) is 15.5 Å². The minimum absolute atomic E-state index is 0.0403. The maximum Gasteiger partial charge on any atom is 0.416 e. The number of anilines is 1. The number of nitrogens with one attached hydrogen (secondary N) is 1. The van der Waals surface area contributed by atoms with Crippen molar-refractivity contribution in [2.24, 2.45) is 5.10 Å². The molecule has 1 aromatic carbocycles. The first-order chi connectivity index (χ1) is 10.5. The third-order valence-electron chi connectivity index (χ3n) is 2.58. The van der Waals surface area contributed by atoms with E-state index in [0.717, 1.165) is 12.1 Å². The van der Waals surface area contributed by atoms with Crippen molar-refractivity contribution < 1.29 is 13.2 Å². The SMILES string of the molecule is N#CC(C#N)=NNc1cc(C(F)(F)F)ccc1-n1cccn1. The third kappa shape index (κ3) is 3.22. The molecule has 1 aromatic heterocycles. The monoisotopic (exact) mass is 304 g/mol. The summed E-state index contributed by atoms with van der Waals surface area (Å²) < 4.78 is 39.7. The summed E-state index contributed by atoms with van der Waals surface area (Å²) in [5, 5.41) is 24.6. The normalized spacial score (nSPS) is 10.4. The number of alkyl halides is 3. The van der Waals surface area contributed by atoms with Crippen LogP contribution >= 0.6 is 0 Å². The van der Waals surface area contributed by atoms with Crippen LogP contribution in [0.2, 0.25) is 0 Å². The first-order valence-corrected chi connectivity index (χ1v) is 5.81. The molecule has 22 heavy (non-hydrogen) atoms. The lowest BCUT2D eigenvalue weighted by molar-refractivity contribution is -0.137. The van der Waals surface area contributed by atoms with Crippen LogP contribution in [0.25, 0.3) is 5.69 Å². The Kier molecular flexibility index (Phi) is 4.09. The van der Waals surface area contributed by atoms with Gasteiger partial charge in [-0.3, -0.25) is 5.43 Å². The van der Waals surface area contributed by atoms with Gasteiger partial charge in [0, 0.05) is 12.4 Å². The van der Waals surface area contributed by atoms with Crippen LogP contribution in [0.1, 0.15) is 5.56 Å². The Hall–Kier alpha value is -3.33. The number of aromatic nitrogens is 2. The van der Waals surface area contributed by atoms with E-state index in [9.17, 15) is 13.2 Å². The number of benzene rings is 1. The molecule has 0 bridgehead atoms. The molecular weight excluding hydrogens is 297 g/mol. The van der Waals surface area contributed by atoms with Crippen molar-refractivity contribution in [2.75, 3.05) is 5.43 Å². The standard InChI is InChI=1S/C13H7F3N6/c14-13(15,16)9-2-3-12(22-5-1-4-19-22)11(6-9)21-20-10(7-17)8-18/h1-6,21H. The fourth-order valence-electron chi connectivity index (χ4n) is 1.60. The Morgan fingerprint density at radius 3 is 2.55 bits per heavy atom. The van der Waals surface area contributed by atoms with Crippen molar-refractivity contribution >= 4 is 11.4 Å². The number of nitrogens with zero attached hydrogens (tertiary/aromatic N) is 5. The van der Waals surface area contributed by atoms with Gasteiger partial charge in [-0.25, -0.2) is 4.68 Å². The molecule has 9 heteroatoms. The lowest BCUT2D eigenvalue weighted by Gasteiger charge is -2.13. The Morgan fingerprint density at radius 2 is 2.00 bits per heavy atom. The Bertz CT molecular complexity index is 762. The van der Waals surface area contributed by atoms with Gasteiger partial charge in [0.2, 0.25) is 5.71 Å².